The van der Waals surface area contributed by atoms with Crippen molar-refractivity contribution >= 4 is 11.9 Å². The lowest BCUT2D eigenvalue weighted by Crippen LogP contribution is -2.34. The van der Waals surface area contributed by atoms with Gasteiger partial charge in [-0.3, -0.25) is 0 Å². The minimum atomic E-state index is -1.06. The molecule has 0 unspecified atom stereocenters. The zero-order valence-corrected chi connectivity index (χ0v) is 13.2. The molecule has 0 saturated heterocycles. The summed E-state index contributed by atoms with van der Waals surface area (Å²) >= 11 is 0. The fourth-order valence-corrected chi connectivity index (χ4v) is 4.02. The molecule has 0 saturated carbocycles. The van der Waals surface area contributed by atoms with Crippen LogP contribution in [0.4, 0.5) is 0 Å². The summed E-state index contributed by atoms with van der Waals surface area (Å²) in [5.74, 6) is -2.40. The molecule has 0 spiro atoms. The highest BCUT2D eigenvalue weighted by atomic mass is 16.5. The van der Waals surface area contributed by atoms with Crippen molar-refractivity contribution in [3.8, 4) is 0 Å². The first-order valence-electron chi connectivity index (χ1n) is 7.97. The van der Waals surface area contributed by atoms with Gasteiger partial charge in [0.1, 0.15) is 0 Å². The molecule has 0 atom stereocenters. The van der Waals surface area contributed by atoms with Crippen molar-refractivity contribution in [2.45, 2.75) is 18.8 Å². The van der Waals surface area contributed by atoms with Gasteiger partial charge in [0.25, 0.3) is 0 Å². The molecule has 2 aromatic carbocycles. The third-order valence-electron chi connectivity index (χ3n) is 4.83. The number of esters is 1. The number of carbonyl (C=O) groups excluding carboxylic acids is 1. The van der Waals surface area contributed by atoms with Crippen molar-refractivity contribution in [1.29, 1.82) is 0 Å². The Labute approximate surface area is 139 Å². The van der Waals surface area contributed by atoms with Gasteiger partial charge < -0.3 is 9.84 Å². The summed E-state index contributed by atoms with van der Waals surface area (Å²) in [6, 6.07) is 15.5. The number of carboxylic acid groups (broad SMARTS) is 1. The van der Waals surface area contributed by atoms with Crippen molar-refractivity contribution in [2.24, 2.45) is 0 Å². The van der Waals surface area contributed by atoms with Gasteiger partial charge in [0.2, 0.25) is 0 Å². The summed E-state index contributed by atoms with van der Waals surface area (Å²) in [5, 5.41) is 9.83. The molecule has 0 amide bonds. The normalized spacial score (nSPS) is 20.4. The Morgan fingerprint density at radius 1 is 0.875 bits per heavy atom. The lowest BCUT2D eigenvalue weighted by Gasteiger charge is -2.41. The Morgan fingerprint density at radius 2 is 1.29 bits per heavy atom. The van der Waals surface area contributed by atoms with Gasteiger partial charge in [-0.25, -0.2) is 9.59 Å². The molecule has 4 heteroatoms. The molecule has 0 aromatic heterocycles. The van der Waals surface area contributed by atoms with Gasteiger partial charge in [0.15, 0.2) is 0 Å². The summed E-state index contributed by atoms with van der Waals surface area (Å²) in [4.78, 5) is 24.6. The lowest BCUT2D eigenvalue weighted by molar-refractivity contribution is -0.140. The highest BCUT2D eigenvalue weighted by Gasteiger charge is 2.47. The smallest absolute Gasteiger partial charge is 0.335 e. The minimum Gasteiger partial charge on any atom is -0.478 e. The predicted octanol–water partition coefficient (Wildman–Crippen LogP) is 3.22. The van der Waals surface area contributed by atoms with Crippen LogP contribution < -0.4 is 0 Å². The van der Waals surface area contributed by atoms with Gasteiger partial charge in [0, 0.05) is 11.8 Å². The molecule has 1 N–H and O–H groups in total. The van der Waals surface area contributed by atoms with E-state index in [1.54, 1.807) is 6.92 Å². The van der Waals surface area contributed by atoms with Gasteiger partial charge in [-0.1, -0.05) is 48.5 Å². The largest absolute Gasteiger partial charge is 0.478 e. The second-order valence-electron chi connectivity index (χ2n) is 5.98. The van der Waals surface area contributed by atoms with Crippen molar-refractivity contribution in [3.05, 3.63) is 81.9 Å². The predicted molar refractivity (Wildman–Crippen MR) is 87.9 cm³/mol. The van der Waals surface area contributed by atoms with Gasteiger partial charge in [-0.2, -0.15) is 0 Å². The van der Waals surface area contributed by atoms with Crippen LogP contribution in [0.15, 0.2) is 59.7 Å². The maximum absolute atomic E-state index is 12.6. The summed E-state index contributed by atoms with van der Waals surface area (Å²) in [6.45, 7) is 1.94. The number of hydrogen-bond acceptors (Lipinski definition) is 3. The van der Waals surface area contributed by atoms with Crippen molar-refractivity contribution in [1.82, 2.24) is 0 Å². The molecule has 0 heterocycles. The SMILES string of the molecule is CCOC(=O)C1=C(C(=O)O)C2c3ccccc3C1c1ccccc12. The third-order valence-corrected chi connectivity index (χ3v) is 4.83. The van der Waals surface area contributed by atoms with Crippen LogP contribution in [0.3, 0.4) is 0 Å². The Hall–Kier alpha value is -2.88. The highest BCUT2D eigenvalue weighted by Crippen LogP contribution is 2.55. The van der Waals surface area contributed by atoms with Crippen LogP contribution in [0.1, 0.15) is 41.0 Å². The Balaban J connectivity index is 2.05. The molecule has 2 aromatic rings. The number of carboxylic acids is 1. The van der Waals surface area contributed by atoms with Crippen molar-refractivity contribution in [2.75, 3.05) is 6.61 Å². The number of hydrogen-bond donors (Lipinski definition) is 1. The summed E-state index contributed by atoms with van der Waals surface area (Å²) in [6.07, 6.45) is 0. The topological polar surface area (TPSA) is 63.6 Å². The van der Waals surface area contributed by atoms with Crippen LogP contribution in [0.25, 0.3) is 0 Å². The average Bonchev–Trinajstić information content (AvgIpc) is 2.61. The second-order valence-corrected chi connectivity index (χ2v) is 5.98. The lowest BCUT2D eigenvalue weighted by atomic mass is 9.61. The first-order valence-corrected chi connectivity index (χ1v) is 7.97. The molecule has 4 nitrogen and oxygen atoms in total. The van der Waals surface area contributed by atoms with Crippen LogP contribution in [0.5, 0.6) is 0 Å². The molecular formula is C20H16O4. The molecule has 3 aliphatic carbocycles. The van der Waals surface area contributed by atoms with E-state index >= 15 is 0 Å². The highest BCUT2D eigenvalue weighted by molar-refractivity contribution is 6.05. The number of benzene rings is 2. The number of ether oxygens (including phenoxy) is 1. The maximum Gasteiger partial charge on any atom is 0.335 e. The standard InChI is InChI=1S/C20H16O4/c1-2-24-20(23)18-16-13-9-5-3-7-11(13)15(17(18)19(21)22)12-8-4-6-10-14(12)16/h3-10,15-16H,2H2,1H3,(H,21,22). The fraction of sp³-hybridized carbons (Fsp3) is 0.200. The van der Waals surface area contributed by atoms with E-state index in [9.17, 15) is 14.7 Å². The van der Waals surface area contributed by atoms with Gasteiger partial charge in [-0.15, -0.1) is 0 Å². The quantitative estimate of drug-likeness (QED) is 0.882. The van der Waals surface area contributed by atoms with Gasteiger partial charge in [0.05, 0.1) is 17.8 Å². The summed E-state index contributed by atoms with van der Waals surface area (Å²) in [5.41, 5.74) is 4.34. The van der Waals surface area contributed by atoms with Crippen LogP contribution in [0, 0.1) is 0 Å². The van der Waals surface area contributed by atoms with Crippen LogP contribution in [-0.4, -0.2) is 23.7 Å². The molecular weight excluding hydrogens is 304 g/mol. The van der Waals surface area contributed by atoms with Gasteiger partial charge in [-0.05, 0) is 29.2 Å². The van der Waals surface area contributed by atoms with E-state index in [0.717, 1.165) is 22.3 Å². The van der Waals surface area contributed by atoms with E-state index in [4.69, 9.17) is 4.74 Å². The van der Waals surface area contributed by atoms with E-state index < -0.39 is 17.9 Å². The molecule has 5 rings (SSSR count). The first-order chi connectivity index (χ1) is 11.6. The maximum atomic E-state index is 12.6. The number of rotatable bonds is 3. The molecule has 2 bridgehead atoms. The Morgan fingerprint density at radius 3 is 1.67 bits per heavy atom. The Kier molecular flexibility index (Phi) is 3.27. The molecule has 0 radical (unpaired) electrons. The van der Waals surface area contributed by atoms with E-state index in [1.807, 2.05) is 48.5 Å². The zero-order chi connectivity index (χ0) is 16.8. The van der Waals surface area contributed by atoms with Crippen LogP contribution in [-0.2, 0) is 14.3 Å². The van der Waals surface area contributed by atoms with E-state index in [2.05, 4.69) is 0 Å². The van der Waals surface area contributed by atoms with Crippen LogP contribution >= 0.6 is 0 Å². The van der Waals surface area contributed by atoms with Crippen LogP contribution in [0.2, 0.25) is 0 Å². The first kappa shape index (κ1) is 14.7. The van der Waals surface area contributed by atoms with Crippen molar-refractivity contribution in [3.63, 3.8) is 0 Å². The minimum absolute atomic E-state index is 0.149. The monoisotopic (exact) mass is 320 g/mol. The molecule has 3 aliphatic rings. The van der Waals surface area contributed by atoms with E-state index in [1.165, 1.54) is 0 Å². The molecule has 0 fully saturated rings. The third kappa shape index (κ3) is 1.86. The zero-order valence-electron chi connectivity index (χ0n) is 13.2. The number of carbonyl (C=O) groups is 2. The van der Waals surface area contributed by atoms with Gasteiger partial charge >= 0.3 is 11.9 Å². The van der Waals surface area contributed by atoms with E-state index in [0.29, 0.717) is 0 Å². The molecule has 120 valence electrons. The van der Waals surface area contributed by atoms with Crippen molar-refractivity contribution < 1.29 is 19.4 Å². The molecule has 24 heavy (non-hydrogen) atoms. The Bertz CT molecular complexity index is 847. The second kappa shape index (κ2) is 5.34. The summed E-state index contributed by atoms with van der Waals surface area (Å²) < 4.78 is 5.18. The summed E-state index contributed by atoms with van der Waals surface area (Å²) in [7, 11) is 0. The fourth-order valence-electron chi connectivity index (χ4n) is 4.02. The molecule has 0 aliphatic heterocycles. The van der Waals surface area contributed by atoms with E-state index in [-0.39, 0.29) is 23.7 Å². The number of aliphatic carboxylic acids is 1. The average molecular weight is 320 g/mol.